The summed E-state index contributed by atoms with van der Waals surface area (Å²) < 4.78 is 0. The van der Waals surface area contributed by atoms with Crippen molar-refractivity contribution < 1.29 is 0 Å². The number of hydrogen-bond donors (Lipinski definition) is 1. The summed E-state index contributed by atoms with van der Waals surface area (Å²) in [7, 11) is 0. The standard InChI is InChI=1S/C14H22N2/c1-7-10(3)15-16-14-8-9(2)11(4)12(5)13(14)6/h8,16H,7H2,1-6H3/b15-10-. The first-order valence-corrected chi connectivity index (χ1v) is 5.84. The molecule has 0 spiro atoms. The molecular formula is C14H22N2. The second-order valence-electron chi connectivity index (χ2n) is 4.43. The molecular weight excluding hydrogens is 196 g/mol. The first kappa shape index (κ1) is 12.8. The van der Waals surface area contributed by atoms with Crippen LogP contribution >= 0.6 is 0 Å². The van der Waals surface area contributed by atoms with E-state index >= 15 is 0 Å². The lowest BCUT2D eigenvalue weighted by Crippen LogP contribution is -2.01. The molecule has 0 fully saturated rings. The van der Waals surface area contributed by atoms with Gasteiger partial charge in [0.25, 0.3) is 0 Å². The van der Waals surface area contributed by atoms with Crippen LogP contribution < -0.4 is 5.43 Å². The van der Waals surface area contributed by atoms with Gasteiger partial charge >= 0.3 is 0 Å². The molecule has 0 bridgehead atoms. The number of hydrazone groups is 1. The predicted octanol–water partition coefficient (Wildman–Crippen LogP) is 4.12. The molecule has 2 nitrogen and oxygen atoms in total. The van der Waals surface area contributed by atoms with E-state index in [1.165, 1.54) is 22.3 Å². The number of nitrogens with one attached hydrogen (secondary N) is 1. The second-order valence-corrected chi connectivity index (χ2v) is 4.43. The van der Waals surface area contributed by atoms with Crippen LogP contribution in [0.25, 0.3) is 0 Å². The Morgan fingerprint density at radius 3 is 2.31 bits per heavy atom. The Kier molecular flexibility index (Phi) is 4.11. The molecule has 0 aliphatic carbocycles. The average molecular weight is 218 g/mol. The van der Waals surface area contributed by atoms with E-state index in [9.17, 15) is 0 Å². The molecule has 0 amide bonds. The highest BCUT2D eigenvalue weighted by Crippen LogP contribution is 2.25. The topological polar surface area (TPSA) is 24.4 Å². The fraction of sp³-hybridized carbons (Fsp3) is 0.500. The van der Waals surface area contributed by atoms with Crippen molar-refractivity contribution in [3.63, 3.8) is 0 Å². The Morgan fingerprint density at radius 2 is 1.75 bits per heavy atom. The van der Waals surface area contributed by atoms with E-state index in [1.54, 1.807) is 0 Å². The van der Waals surface area contributed by atoms with Crippen molar-refractivity contribution in [1.82, 2.24) is 0 Å². The molecule has 0 radical (unpaired) electrons. The van der Waals surface area contributed by atoms with Gasteiger partial charge in [-0.1, -0.05) is 6.92 Å². The largest absolute Gasteiger partial charge is 0.278 e. The molecule has 1 aromatic carbocycles. The minimum absolute atomic E-state index is 0.982. The van der Waals surface area contributed by atoms with Gasteiger partial charge in [0.05, 0.1) is 5.69 Å². The summed E-state index contributed by atoms with van der Waals surface area (Å²) in [6.07, 6.45) is 0.982. The molecule has 1 rings (SSSR count). The van der Waals surface area contributed by atoms with Crippen LogP contribution in [0.15, 0.2) is 11.2 Å². The van der Waals surface area contributed by atoms with E-state index in [-0.39, 0.29) is 0 Å². The molecule has 1 aromatic rings. The normalized spacial score (nSPS) is 11.8. The highest BCUT2D eigenvalue weighted by Gasteiger charge is 2.06. The monoisotopic (exact) mass is 218 g/mol. The molecule has 0 atom stereocenters. The van der Waals surface area contributed by atoms with Crippen LogP contribution in [0.4, 0.5) is 5.69 Å². The first-order chi connectivity index (χ1) is 7.47. The summed E-state index contributed by atoms with van der Waals surface area (Å²) in [6.45, 7) is 12.8. The fourth-order valence-corrected chi connectivity index (χ4v) is 1.56. The highest BCUT2D eigenvalue weighted by molar-refractivity contribution is 5.82. The summed E-state index contributed by atoms with van der Waals surface area (Å²) in [5, 5.41) is 4.35. The van der Waals surface area contributed by atoms with Crippen molar-refractivity contribution in [3.8, 4) is 0 Å². The molecule has 0 heterocycles. The smallest absolute Gasteiger partial charge is 0.0596 e. The molecule has 0 aliphatic rings. The lowest BCUT2D eigenvalue weighted by Gasteiger charge is -2.13. The maximum absolute atomic E-state index is 4.35. The van der Waals surface area contributed by atoms with Gasteiger partial charge in [-0.2, -0.15) is 5.10 Å². The third kappa shape index (κ3) is 2.63. The maximum Gasteiger partial charge on any atom is 0.0596 e. The number of benzene rings is 1. The SMILES string of the molecule is CC/C(C)=N\Nc1cc(C)c(C)c(C)c1C. The quantitative estimate of drug-likeness (QED) is 0.599. The van der Waals surface area contributed by atoms with Crippen molar-refractivity contribution in [2.24, 2.45) is 5.10 Å². The third-order valence-electron chi connectivity index (χ3n) is 3.36. The summed E-state index contributed by atoms with van der Waals surface area (Å²) >= 11 is 0. The van der Waals surface area contributed by atoms with Crippen LogP contribution in [-0.4, -0.2) is 5.71 Å². The molecule has 0 aromatic heterocycles. The molecule has 2 heteroatoms. The Bertz CT molecular complexity index is 417. The van der Waals surface area contributed by atoms with Gasteiger partial charge in [-0.05, 0) is 69.4 Å². The fourth-order valence-electron chi connectivity index (χ4n) is 1.56. The van der Waals surface area contributed by atoms with Gasteiger partial charge in [-0.25, -0.2) is 0 Å². The Hall–Kier alpha value is -1.31. The molecule has 88 valence electrons. The van der Waals surface area contributed by atoms with E-state index in [0.717, 1.165) is 17.8 Å². The molecule has 0 saturated heterocycles. The van der Waals surface area contributed by atoms with Crippen molar-refractivity contribution >= 4 is 11.4 Å². The molecule has 0 aliphatic heterocycles. The second kappa shape index (κ2) is 5.15. The van der Waals surface area contributed by atoms with E-state index < -0.39 is 0 Å². The van der Waals surface area contributed by atoms with Crippen LogP contribution in [0.5, 0.6) is 0 Å². The molecule has 1 N–H and O–H groups in total. The van der Waals surface area contributed by atoms with Crippen molar-refractivity contribution in [1.29, 1.82) is 0 Å². The van der Waals surface area contributed by atoms with Gasteiger partial charge in [0, 0.05) is 5.71 Å². The minimum Gasteiger partial charge on any atom is -0.278 e. The van der Waals surface area contributed by atoms with Crippen molar-refractivity contribution in [3.05, 3.63) is 28.3 Å². The minimum atomic E-state index is 0.982. The summed E-state index contributed by atoms with van der Waals surface area (Å²) in [5.74, 6) is 0. The van der Waals surface area contributed by atoms with Gasteiger partial charge in [0.15, 0.2) is 0 Å². The number of rotatable bonds is 3. The van der Waals surface area contributed by atoms with Gasteiger partial charge in [-0.3, -0.25) is 5.43 Å². The van der Waals surface area contributed by atoms with E-state index in [1.807, 2.05) is 6.92 Å². The summed E-state index contributed by atoms with van der Waals surface area (Å²) in [5.41, 5.74) is 10.7. The summed E-state index contributed by atoms with van der Waals surface area (Å²) in [6, 6.07) is 2.17. The zero-order chi connectivity index (χ0) is 12.3. The van der Waals surface area contributed by atoms with Crippen LogP contribution in [0.2, 0.25) is 0 Å². The average Bonchev–Trinajstić information content (AvgIpc) is 2.28. The lowest BCUT2D eigenvalue weighted by molar-refractivity contribution is 1.17. The number of aryl methyl sites for hydroxylation is 1. The van der Waals surface area contributed by atoms with Crippen LogP contribution in [0.1, 0.15) is 42.5 Å². The van der Waals surface area contributed by atoms with Gasteiger partial charge < -0.3 is 0 Å². The Labute approximate surface area is 98.8 Å². The van der Waals surface area contributed by atoms with Gasteiger partial charge in [0.2, 0.25) is 0 Å². The summed E-state index contributed by atoms with van der Waals surface area (Å²) in [4.78, 5) is 0. The van der Waals surface area contributed by atoms with E-state index in [2.05, 4.69) is 51.2 Å². The zero-order valence-electron chi connectivity index (χ0n) is 11.2. The van der Waals surface area contributed by atoms with Crippen molar-refractivity contribution in [2.75, 3.05) is 5.43 Å². The Morgan fingerprint density at radius 1 is 1.12 bits per heavy atom. The maximum atomic E-state index is 4.35. The first-order valence-electron chi connectivity index (χ1n) is 5.84. The number of hydrogen-bond acceptors (Lipinski definition) is 2. The number of nitrogens with zero attached hydrogens (tertiary/aromatic N) is 1. The van der Waals surface area contributed by atoms with Gasteiger partial charge in [0.1, 0.15) is 0 Å². The molecule has 16 heavy (non-hydrogen) atoms. The molecule has 0 unspecified atom stereocenters. The Balaban J connectivity index is 3.07. The van der Waals surface area contributed by atoms with Crippen LogP contribution in [0.3, 0.4) is 0 Å². The van der Waals surface area contributed by atoms with E-state index in [4.69, 9.17) is 0 Å². The zero-order valence-corrected chi connectivity index (χ0v) is 11.2. The van der Waals surface area contributed by atoms with Crippen LogP contribution in [0, 0.1) is 27.7 Å². The van der Waals surface area contributed by atoms with Gasteiger partial charge in [-0.15, -0.1) is 0 Å². The predicted molar refractivity (Wildman–Crippen MR) is 72.4 cm³/mol. The van der Waals surface area contributed by atoms with Crippen molar-refractivity contribution in [2.45, 2.75) is 48.0 Å². The van der Waals surface area contributed by atoms with Crippen LogP contribution in [-0.2, 0) is 0 Å². The third-order valence-corrected chi connectivity index (χ3v) is 3.36. The lowest BCUT2D eigenvalue weighted by atomic mass is 9.98. The highest BCUT2D eigenvalue weighted by atomic mass is 15.3. The number of anilines is 1. The molecule has 0 saturated carbocycles. The van der Waals surface area contributed by atoms with E-state index in [0.29, 0.717) is 0 Å².